The third-order valence-electron chi connectivity index (χ3n) is 2.86. The van der Waals surface area contributed by atoms with E-state index >= 15 is 0 Å². The lowest BCUT2D eigenvalue weighted by Crippen LogP contribution is -2.17. The van der Waals surface area contributed by atoms with Gasteiger partial charge >= 0.3 is 0 Å². The fourth-order valence-electron chi connectivity index (χ4n) is 1.75. The topological polar surface area (TPSA) is 24.9 Å². The highest BCUT2D eigenvalue weighted by atomic mass is 35.5. The number of anilines is 1. The van der Waals surface area contributed by atoms with E-state index < -0.39 is 0 Å². The second-order valence-corrected chi connectivity index (χ2v) is 6.91. The van der Waals surface area contributed by atoms with E-state index in [1.807, 2.05) is 12.3 Å². The lowest BCUT2D eigenvalue weighted by Gasteiger charge is -2.19. The molecule has 1 heterocycles. The summed E-state index contributed by atoms with van der Waals surface area (Å²) < 4.78 is 0. The first-order chi connectivity index (χ1) is 8.29. The molecule has 0 spiro atoms. The molecule has 102 valence electrons. The Bertz CT molecular complexity index is 352. The third-order valence-corrected chi connectivity index (χ3v) is 3.19. The van der Waals surface area contributed by atoms with Crippen molar-refractivity contribution in [2.45, 2.75) is 51.8 Å². The fourth-order valence-corrected chi connectivity index (χ4v) is 2.19. The first-order valence-electron chi connectivity index (χ1n) is 6.63. The van der Waals surface area contributed by atoms with Crippen LogP contribution >= 0.6 is 11.6 Å². The number of nitrogens with zero attached hydrogens (tertiary/aromatic N) is 1. The molecular weight excluding hydrogens is 244 g/mol. The van der Waals surface area contributed by atoms with Crippen molar-refractivity contribution in [3.8, 4) is 0 Å². The minimum Gasteiger partial charge on any atom is -0.369 e. The number of halogens is 1. The van der Waals surface area contributed by atoms with E-state index in [2.05, 4.69) is 51.0 Å². The first-order valence-corrected chi connectivity index (χ1v) is 7.07. The standard InChI is InChI=1S/C15H25ClN2/c1-11(2)8-13(16)10-18-14-7-6-12(9-17-14)15(3,4)5/h6-7,9,11,13H,8,10H2,1-5H3,(H,17,18). The maximum atomic E-state index is 6.24. The van der Waals surface area contributed by atoms with Gasteiger partial charge in [0.15, 0.2) is 0 Å². The monoisotopic (exact) mass is 268 g/mol. The molecule has 0 amide bonds. The summed E-state index contributed by atoms with van der Waals surface area (Å²) in [5, 5.41) is 3.45. The van der Waals surface area contributed by atoms with Gasteiger partial charge in [0, 0.05) is 12.7 Å². The smallest absolute Gasteiger partial charge is 0.125 e. The molecule has 1 aromatic heterocycles. The van der Waals surface area contributed by atoms with Crippen molar-refractivity contribution in [1.82, 2.24) is 4.98 Å². The van der Waals surface area contributed by atoms with Crippen LogP contribution in [0, 0.1) is 5.92 Å². The molecule has 1 N–H and O–H groups in total. The molecule has 0 fully saturated rings. The van der Waals surface area contributed by atoms with Crippen molar-refractivity contribution in [2.75, 3.05) is 11.9 Å². The Morgan fingerprint density at radius 3 is 2.39 bits per heavy atom. The molecule has 1 atom stereocenters. The van der Waals surface area contributed by atoms with Gasteiger partial charge in [0.05, 0.1) is 5.38 Å². The van der Waals surface area contributed by atoms with E-state index in [0.717, 1.165) is 18.8 Å². The molecule has 1 rings (SSSR count). The van der Waals surface area contributed by atoms with Crippen LogP contribution in [0.3, 0.4) is 0 Å². The minimum atomic E-state index is 0.151. The molecule has 0 bridgehead atoms. The fraction of sp³-hybridized carbons (Fsp3) is 0.667. The number of hydrogen-bond donors (Lipinski definition) is 1. The van der Waals surface area contributed by atoms with Gasteiger partial charge in [0.1, 0.15) is 5.82 Å². The van der Waals surface area contributed by atoms with Crippen LogP contribution in [-0.4, -0.2) is 16.9 Å². The number of alkyl halides is 1. The first kappa shape index (κ1) is 15.3. The second-order valence-electron chi connectivity index (χ2n) is 6.29. The number of hydrogen-bond acceptors (Lipinski definition) is 2. The number of aromatic nitrogens is 1. The van der Waals surface area contributed by atoms with Crippen molar-refractivity contribution in [1.29, 1.82) is 0 Å². The summed E-state index contributed by atoms with van der Waals surface area (Å²) in [5.41, 5.74) is 1.40. The van der Waals surface area contributed by atoms with Crippen molar-refractivity contribution in [3.05, 3.63) is 23.9 Å². The predicted octanol–water partition coefficient (Wildman–Crippen LogP) is 4.44. The summed E-state index contributed by atoms with van der Waals surface area (Å²) in [6.45, 7) is 11.7. The predicted molar refractivity (Wildman–Crippen MR) is 80.5 cm³/mol. The van der Waals surface area contributed by atoms with E-state index in [9.17, 15) is 0 Å². The maximum absolute atomic E-state index is 6.24. The summed E-state index contributed by atoms with van der Waals surface area (Å²) in [6, 6.07) is 4.15. The molecule has 1 aromatic rings. The molecule has 2 nitrogen and oxygen atoms in total. The molecule has 18 heavy (non-hydrogen) atoms. The average Bonchev–Trinajstić information content (AvgIpc) is 2.25. The minimum absolute atomic E-state index is 0.151. The molecule has 0 aliphatic rings. The SMILES string of the molecule is CC(C)CC(Cl)CNc1ccc(C(C)(C)C)cn1. The Hall–Kier alpha value is -0.760. The van der Waals surface area contributed by atoms with Gasteiger partial charge in [-0.05, 0) is 29.4 Å². The number of rotatable bonds is 5. The van der Waals surface area contributed by atoms with Crippen LogP contribution in [0.15, 0.2) is 18.3 Å². The van der Waals surface area contributed by atoms with Crippen LogP contribution in [0.4, 0.5) is 5.82 Å². The lowest BCUT2D eigenvalue weighted by molar-refractivity contribution is 0.571. The van der Waals surface area contributed by atoms with E-state index in [0.29, 0.717) is 5.92 Å². The lowest BCUT2D eigenvalue weighted by atomic mass is 9.88. The summed E-state index contributed by atoms with van der Waals surface area (Å²) >= 11 is 6.24. The van der Waals surface area contributed by atoms with Crippen molar-refractivity contribution >= 4 is 17.4 Å². The third kappa shape index (κ3) is 5.26. The van der Waals surface area contributed by atoms with Gasteiger partial charge in [-0.2, -0.15) is 0 Å². The van der Waals surface area contributed by atoms with Gasteiger partial charge in [0.25, 0.3) is 0 Å². The Morgan fingerprint density at radius 2 is 1.94 bits per heavy atom. The van der Waals surface area contributed by atoms with Crippen LogP contribution in [0.5, 0.6) is 0 Å². The quantitative estimate of drug-likeness (QED) is 0.799. The van der Waals surface area contributed by atoms with Gasteiger partial charge in [0.2, 0.25) is 0 Å². The van der Waals surface area contributed by atoms with E-state index in [1.165, 1.54) is 5.56 Å². The summed E-state index contributed by atoms with van der Waals surface area (Å²) in [6.07, 6.45) is 2.96. The van der Waals surface area contributed by atoms with Crippen LogP contribution in [0.2, 0.25) is 0 Å². The van der Waals surface area contributed by atoms with Gasteiger partial charge in [-0.25, -0.2) is 4.98 Å². The van der Waals surface area contributed by atoms with Crippen molar-refractivity contribution in [3.63, 3.8) is 0 Å². The molecular formula is C15H25ClN2. The Labute approximate surface area is 116 Å². The number of nitrogens with one attached hydrogen (secondary N) is 1. The van der Waals surface area contributed by atoms with E-state index in [1.54, 1.807) is 0 Å². The van der Waals surface area contributed by atoms with E-state index in [4.69, 9.17) is 11.6 Å². The van der Waals surface area contributed by atoms with Crippen LogP contribution in [0.1, 0.15) is 46.6 Å². The molecule has 3 heteroatoms. The van der Waals surface area contributed by atoms with Crippen LogP contribution in [-0.2, 0) is 5.41 Å². The Balaban J connectivity index is 2.49. The highest BCUT2D eigenvalue weighted by molar-refractivity contribution is 6.20. The zero-order valence-corrected chi connectivity index (χ0v) is 12.9. The molecule has 1 unspecified atom stereocenters. The molecule has 0 aliphatic carbocycles. The zero-order valence-electron chi connectivity index (χ0n) is 12.1. The largest absolute Gasteiger partial charge is 0.369 e. The molecule has 0 saturated carbocycles. The average molecular weight is 269 g/mol. The van der Waals surface area contributed by atoms with Crippen molar-refractivity contribution < 1.29 is 0 Å². The summed E-state index contributed by atoms with van der Waals surface area (Å²) in [5.74, 6) is 1.53. The zero-order chi connectivity index (χ0) is 13.8. The van der Waals surface area contributed by atoms with Gasteiger partial charge < -0.3 is 5.32 Å². The summed E-state index contributed by atoms with van der Waals surface area (Å²) in [4.78, 5) is 4.43. The highest BCUT2D eigenvalue weighted by Gasteiger charge is 2.13. The van der Waals surface area contributed by atoms with Crippen LogP contribution < -0.4 is 5.32 Å². The Kier molecular flexibility index (Phi) is 5.46. The maximum Gasteiger partial charge on any atom is 0.125 e. The van der Waals surface area contributed by atoms with Gasteiger partial charge in [-0.1, -0.05) is 40.7 Å². The highest BCUT2D eigenvalue weighted by Crippen LogP contribution is 2.22. The summed E-state index contributed by atoms with van der Waals surface area (Å²) in [7, 11) is 0. The van der Waals surface area contributed by atoms with E-state index in [-0.39, 0.29) is 10.8 Å². The van der Waals surface area contributed by atoms with Crippen molar-refractivity contribution in [2.24, 2.45) is 5.92 Å². The molecule has 0 radical (unpaired) electrons. The number of pyridine rings is 1. The molecule has 0 saturated heterocycles. The van der Waals surface area contributed by atoms with Gasteiger partial charge in [-0.15, -0.1) is 11.6 Å². The normalized spacial score (nSPS) is 13.7. The second kappa shape index (κ2) is 6.42. The molecule has 0 aliphatic heterocycles. The van der Waals surface area contributed by atoms with Crippen LogP contribution in [0.25, 0.3) is 0 Å². The Morgan fingerprint density at radius 1 is 1.28 bits per heavy atom. The molecule has 0 aromatic carbocycles. The van der Waals surface area contributed by atoms with Gasteiger partial charge in [-0.3, -0.25) is 0 Å².